The van der Waals surface area contributed by atoms with Crippen LogP contribution in [0.5, 0.6) is 0 Å². The molecule has 7 atom stereocenters. The monoisotopic (exact) mass is 740 g/mol. The van der Waals surface area contributed by atoms with Crippen LogP contribution in [-0.2, 0) is 31.7 Å². The molecule has 0 amide bonds. The fourth-order valence-corrected chi connectivity index (χ4v) is 25.6. The van der Waals surface area contributed by atoms with Crippen LogP contribution >= 0.6 is 17.0 Å². The molecule has 0 saturated heterocycles. The van der Waals surface area contributed by atoms with Gasteiger partial charge in [-0.2, -0.15) is 0 Å². The van der Waals surface area contributed by atoms with E-state index in [1.54, 1.807) is 36.0 Å². The Labute approximate surface area is 290 Å². The summed E-state index contributed by atoms with van der Waals surface area (Å²) in [7, 11) is 7.27. The third-order valence-electron chi connectivity index (χ3n) is 13.4. The molecule has 7 unspecified atom stereocenters. The second kappa shape index (κ2) is 15.1. The van der Waals surface area contributed by atoms with Crippen LogP contribution in [-0.4, -0.2) is 15.2 Å². The van der Waals surface area contributed by atoms with Crippen LogP contribution in [0.1, 0.15) is 129 Å². The molecule has 4 saturated carbocycles. The summed E-state index contributed by atoms with van der Waals surface area (Å²) in [6.07, 6.45) is 13.7. The molecule has 1 aromatic rings. The summed E-state index contributed by atoms with van der Waals surface area (Å²) >= 11 is -0.826. The van der Waals surface area contributed by atoms with Gasteiger partial charge >= 0.3 is 37.9 Å². The van der Waals surface area contributed by atoms with Gasteiger partial charge in [0.25, 0.3) is 0 Å². The Bertz CT molecular complexity index is 1000. The van der Waals surface area contributed by atoms with Gasteiger partial charge in [-0.15, -0.1) is 0 Å². The van der Waals surface area contributed by atoms with E-state index >= 15 is 0 Å². The molecule has 4 aliphatic carbocycles. The third-order valence-corrected chi connectivity index (χ3v) is 34.2. The number of fused-ring (bicyclic) bond motifs is 2. The van der Waals surface area contributed by atoms with Crippen LogP contribution < -0.4 is 0 Å². The summed E-state index contributed by atoms with van der Waals surface area (Å²) < 4.78 is 0. The van der Waals surface area contributed by atoms with E-state index < -0.39 is 36.0 Å². The second-order valence-electron chi connectivity index (χ2n) is 18.0. The zero-order chi connectivity index (χ0) is 30.5. The zero-order valence-corrected chi connectivity index (χ0v) is 36.4. The van der Waals surface area contributed by atoms with Gasteiger partial charge < -0.3 is 14.9 Å². The molecule has 0 nitrogen and oxygen atoms in total. The van der Waals surface area contributed by atoms with E-state index in [1.807, 2.05) is 0 Å². The molecule has 5 heteroatoms. The first-order valence-corrected chi connectivity index (χ1v) is 30.6. The molecule has 5 rings (SSSR count). The Morgan fingerprint density at radius 2 is 1.19 bits per heavy atom. The average molecular weight is 743 g/mol. The molecule has 1 aromatic carbocycles. The number of hydrogen-bond donors (Lipinski definition) is 0. The summed E-state index contributed by atoms with van der Waals surface area (Å²) in [6.45, 7) is 28.9. The predicted octanol–water partition coefficient (Wildman–Crippen LogP) is 13.5. The van der Waals surface area contributed by atoms with Crippen LogP contribution in [0.15, 0.2) is 18.2 Å². The van der Waals surface area contributed by atoms with Gasteiger partial charge in [0.15, 0.2) is 0 Å². The van der Waals surface area contributed by atoms with Crippen molar-refractivity contribution in [2.75, 3.05) is 0 Å². The fourth-order valence-electron chi connectivity index (χ4n) is 10.7. The number of benzene rings is 1. The van der Waals surface area contributed by atoms with Gasteiger partial charge in [0.05, 0.1) is 0 Å². The van der Waals surface area contributed by atoms with Gasteiger partial charge in [-0.25, -0.2) is 0 Å². The molecule has 0 spiro atoms. The van der Waals surface area contributed by atoms with E-state index in [9.17, 15) is 0 Å². The first-order valence-electron chi connectivity index (χ1n) is 17.1. The Morgan fingerprint density at radius 3 is 1.67 bits per heavy atom. The Kier molecular flexibility index (Phi) is 14.2. The first-order chi connectivity index (χ1) is 18.9. The van der Waals surface area contributed by atoms with Crippen molar-refractivity contribution in [3.8, 4) is 0 Å². The van der Waals surface area contributed by atoms with Crippen molar-refractivity contribution in [3.05, 3.63) is 49.7 Å². The van der Waals surface area contributed by atoms with Crippen molar-refractivity contribution in [2.45, 2.75) is 160 Å². The van der Waals surface area contributed by atoms with Crippen molar-refractivity contribution in [3.63, 3.8) is 0 Å². The number of hydrogen-bond acceptors (Lipinski definition) is 0. The molecule has 0 aliphatic heterocycles. The zero-order valence-electron chi connectivity index (χ0n) is 30.5. The Morgan fingerprint density at radius 1 is 0.674 bits per heavy atom. The summed E-state index contributed by atoms with van der Waals surface area (Å²) in [4.78, 5) is 0. The molecular formula is C38H68Cl2Si2Zr. The fraction of sp³-hybridized carbons (Fsp3) is 0.789. The quantitative estimate of drug-likeness (QED) is 0.213. The van der Waals surface area contributed by atoms with Gasteiger partial charge in [0.1, 0.15) is 0 Å². The third kappa shape index (κ3) is 8.06. The second-order valence-corrected chi connectivity index (χ2v) is 37.9. The number of rotatable bonds is 4. The summed E-state index contributed by atoms with van der Waals surface area (Å²) in [6, 6.07) is 7.96. The predicted molar refractivity (Wildman–Crippen MR) is 198 cm³/mol. The van der Waals surface area contributed by atoms with Gasteiger partial charge in [0.2, 0.25) is 0 Å². The molecule has 0 heterocycles. The normalized spacial score (nSPS) is 31.1. The summed E-state index contributed by atoms with van der Waals surface area (Å²) in [5.41, 5.74) is 7.48. The van der Waals surface area contributed by atoms with Crippen molar-refractivity contribution in [2.24, 2.45) is 29.6 Å². The molecule has 4 fully saturated rings. The van der Waals surface area contributed by atoms with E-state index in [1.165, 1.54) is 38.5 Å². The molecule has 0 radical (unpaired) electrons. The standard InChI is InChI=1S/C36H62Si2.2CH3.2ClH.Zr/c1-24-19-31-32(34(24)38(10,11)37(8,9)29-16-12-13-17-29)22-25-15-14-18-30(25)33(31)26-20-27(35(2,3)4)23-28(21-26)36(5,6)7;;;;;/h20-21,23-25,29-34H,12-19,22H2,1-11H3;2*1H3;2*1H;/q;2*-1;;;+4/p-2. The van der Waals surface area contributed by atoms with E-state index in [4.69, 9.17) is 17.0 Å². The van der Waals surface area contributed by atoms with Crippen LogP contribution in [0.25, 0.3) is 0 Å². The van der Waals surface area contributed by atoms with Crippen molar-refractivity contribution in [1.82, 2.24) is 0 Å². The minimum absolute atomic E-state index is 0. The topological polar surface area (TPSA) is 0 Å². The summed E-state index contributed by atoms with van der Waals surface area (Å²) in [5, 5.41) is 0. The first kappa shape index (κ1) is 40.3. The number of halogens is 2. The molecule has 0 N–H and O–H groups in total. The van der Waals surface area contributed by atoms with Crippen LogP contribution in [0.2, 0.25) is 37.3 Å². The van der Waals surface area contributed by atoms with Crippen molar-refractivity contribution < 1.29 is 20.8 Å². The summed E-state index contributed by atoms with van der Waals surface area (Å²) in [5.74, 6) is 5.60. The maximum absolute atomic E-state index is 4.93. The molecular weight excluding hydrogens is 675 g/mol. The van der Waals surface area contributed by atoms with Crippen molar-refractivity contribution >= 4 is 32.2 Å². The SMILES string of the molecule is CC1CC2C(CC3CCCC3C2c2cc(C(C)(C)C)cc(C(C)(C)C)c2)C1[Si](C)(C)[Si](C)(C)C1CCCC1.[CH3-].[CH3-].[Cl][Zr+2][Cl]. The van der Waals surface area contributed by atoms with E-state index in [2.05, 4.69) is 92.9 Å². The molecule has 246 valence electrons. The van der Waals surface area contributed by atoms with E-state index in [0.29, 0.717) is 0 Å². The van der Waals surface area contributed by atoms with Gasteiger partial charge in [-0.05, 0) is 93.4 Å². The maximum atomic E-state index is 4.93. The van der Waals surface area contributed by atoms with Crippen LogP contribution in [0.4, 0.5) is 0 Å². The Hall–Kier alpha value is 1.12. The van der Waals surface area contributed by atoms with Crippen LogP contribution in [0.3, 0.4) is 0 Å². The van der Waals surface area contributed by atoms with Gasteiger partial charge in [0, 0.05) is 15.2 Å². The van der Waals surface area contributed by atoms with Gasteiger partial charge in [-0.3, -0.25) is 0 Å². The minimum atomic E-state index is -1.35. The average Bonchev–Trinajstić information content (AvgIpc) is 3.61. The molecule has 0 bridgehead atoms. The van der Waals surface area contributed by atoms with Crippen molar-refractivity contribution in [1.29, 1.82) is 0 Å². The Balaban J connectivity index is 0.00000124. The van der Waals surface area contributed by atoms with Crippen LogP contribution in [0, 0.1) is 44.4 Å². The molecule has 0 aromatic heterocycles. The molecule has 4 aliphatic rings. The van der Waals surface area contributed by atoms with Gasteiger partial charge in [-0.1, -0.05) is 131 Å². The van der Waals surface area contributed by atoms with E-state index in [0.717, 1.165) is 46.6 Å². The van der Waals surface area contributed by atoms with E-state index in [-0.39, 0.29) is 25.7 Å². The molecule has 43 heavy (non-hydrogen) atoms.